The summed E-state index contributed by atoms with van der Waals surface area (Å²) in [5.74, 6) is 0. The number of rotatable bonds is 3. The number of alkyl halides is 9. The van der Waals surface area contributed by atoms with E-state index >= 15 is 0 Å². The lowest BCUT2D eigenvalue weighted by Gasteiger charge is -2.48. The van der Waals surface area contributed by atoms with E-state index in [0.717, 1.165) is 0 Å². The highest BCUT2D eigenvalue weighted by molar-refractivity contribution is 14.3. The van der Waals surface area contributed by atoms with E-state index in [-0.39, 0.29) is 3.84 Å². The van der Waals surface area contributed by atoms with Crippen LogP contribution in [0.2, 0.25) is 0 Å². The first-order valence-corrected chi connectivity index (χ1v) is 12.4. The number of hydrogen-bond acceptors (Lipinski definition) is 1. The van der Waals surface area contributed by atoms with Gasteiger partial charge < -0.3 is 5.73 Å². The van der Waals surface area contributed by atoms with Crippen LogP contribution in [-0.4, -0.2) is 3.84 Å². The largest absolute Gasteiger partial charge is 0.318 e. The van der Waals surface area contributed by atoms with Crippen LogP contribution in [0, 0.1) is 0 Å². The maximum Gasteiger partial charge on any atom is 0.147 e. The lowest BCUT2D eigenvalue weighted by molar-refractivity contribution is 0.582. The highest BCUT2D eigenvalue weighted by Crippen LogP contribution is 2.66. The highest BCUT2D eigenvalue weighted by atomic mass is 127. The minimum atomic E-state index is -0.308. The third-order valence-corrected chi connectivity index (χ3v) is 9.00. The van der Waals surface area contributed by atoms with Crippen LogP contribution in [0.4, 0.5) is 0 Å². The first-order valence-electron chi connectivity index (χ1n) is 2.74. The minimum Gasteiger partial charge on any atom is -0.318 e. The van der Waals surface area contributed by atoms with E-state index < -0.39 is 0 Å². The predicted molar refractivity (Wildman–Crippen MR) is 141 cm³/mol. The van der Waals surface area contributed by atoms with Gasteiger partial charge in [0.25, 0.3) is 0 Å². The van der Waals surface area contributed by atoms with Gasteiger partial charge in [0.1, 0.15) is 3.84 Å². The van der Waals surface area contributed by atoms with E-state index in [1.165, 1.54) is 0 Å². The topological polar surface area (TPSA) is 26.0 Å². The Kier molecular flexibility index (Phi) is 10.6. The van der Waals surface area contributed by atoms with Crippen molar-refractivity contribution in [3.8, 4) is 0 Å². The van der Waals surface area contributed by atoms with Gasteiger partial charge in [-0.3, -0.25) is 0 Å². The molecule has 0 aromatic rings. The van der Waals surface area contributed by atoms with E-state index in [0.29, 0.717) is 0 Å². The van der Waals surface area contributed by atoms with Crippen molar-refractivity contribution in [1.82, 2.24) is 0 Å². The van der Waals surface area contributed by atoms with Gasteiger partial charge in [-0.15, -0.1) is 0 Å². The second-order valence-electron chi connectivity index (χ2n) is 2.30. The van der Waals surface area contributed by atoms with E-state index in [4.69, 9.17) is 5.73 Å². The summed E-state index contributed by atoms with van der Waals surface area (Å²) in [7, 11) is 0. The average Bonchev–Trinajstić information content (AvgIpc) is 1.77. The first kappa shape index (κ1) is 20.5. The Hall–Kier alpha value is 6.53. The molecule has 0 spiro atoms. The maximum atomic E-state index is 6.66. The Bertz CT molecular complexity index is 170. The number of nitrogens with two attached hydrogens (primary N) is 1. The molecule has 0 aliphatic heterocycles. The molecule has 0 aliphatic carbocycles. The van der Waals surface area contributed by atoms with Crippen LogP contribution in [0.25, 0.3) is 0 Å². The average molecular weight is 1210 g/mol. The summed E-state index contributed by atoms with van der Waals surface area (Å²) in [5.41, 5.74) is 6.35. The van der Waals surface area contributed by atoms with Gasteiger partial charge >= 0.3 is 0 Å². The van der Waals surface area contributed by atoms with E-state index in [1.54, 1.807) is 0 Å². The van der Waals surface area contributed by atoms with Crippen LogP contribution < -0.4 is 5.73 Å². The molecule has 2 N–H and O–H groups in total. The molecule has 0 aromatic heterocycles. The maximum absolute atomic E-state index is 6.66. The molecule has 0 saturated heterocycles. The third kappa shape index (κ3) is 5.06. The van der Waals surface area contributed by atoms with Crippen LogP contribution >= 0.6 is 203 Å². The van der Waals surface area contributed by atoms with Gasteiger partial charge in [-0.2, -0.15) is 0 Å². The molecular formula is C4H2I9N. The van der Waals surface area contributed by atoms with Gasteiger partial charge in [0.15, 0.2) is 0 Å². The summed E-state index contributed by atoms with van der Waals surface area (Å²) < 4.78 is -0.103. The summed E-state index contributed by atoms with van der Waals surface area (Å²) in [6.45, 7) is 0. The van der Waals surface area contributed by atoms with Crippen LogP contribution in [0.1, 0.15) is 0 Å². The fourth-order valence-electron chi connectivity index (χ4n) is 0.482. The van der Waals surface area contributed by atoms with Gasteiger partial charge in [0.05, 0.1) is 0 Å². The summed E-state index contributed by atoms with van der Waals surface area (Å²) in [6.07, 6.45) is 0. The van der Waals surface area contributed by atoms with E-state index in [1.807, 2.05) is 0 Å². The molecule has 10 heteroatoms. The molecule has 0 rings (SSSR count). The molecule has 0 atom stereocenters. The molecule has 1 nitrogen and oxygen atoms in total. The summed E-state index contributed by atoms with van der Waals surface area (Å²) in [5, 5.41) is 0. The van der Waals surface area contributed by atoms with Gasteiger partial charge in [-0.1, -0.05) is 203 Å². The Morgan fingerprint density at radius 3 is 0.643 bits per heavy atom. The molecule has 0 radical (unpaired) electrons. The van der Waals surface area contributed by atoms with Crippen LogP contribution in [0.5, 0.6) is 0 Å². The number of halogens is 9. The van der Waals surface area contributed by atoms with Crippen LogP contribution in [0.15, 0.2) is 0 Å². The van der Waals surface area contributed by atoms with Crippen molar-refractivity contribution in [1.29, 1.82) is 0 Å². The minimum absolute atomic E-state index is 0.0343. The van der Waals surface area contributed by atoms with E-state index in [9.17, 15) is 0 Å². The third-order valence-electron chi connectivity index (χ3n) is 1.34. The summed E-state index contributed by atoms with van der Waals surface area (Å²) >= 11 is 21.8. The highest BCUT2D eigenvalue weighted by Gasteiger charge is 2.64. The molecule has 86 valence electrons. The molecule has 14 heavy (non-hydrogen) atoms. The monoisotopic (exact) mass is 1210 g/mol. The molecule has 0 aromatic carbocycles. The Labute approximate surface area is 207 Å². The van der Waals surface area contributed by atoms with Crippen molar-refractivity contribution < 1.29 is 0 Å². The van der Waals surface area contributed by atoms with Gasteiger partial charge in [-0.05, 0) is 0 Å². The van der Waals surface area contributed by atoms with Crippen LogP contribution in [-0.2, 0) is 0 Å². The molecule has 0 aliphatic rings. The van der Waals surface area contributed by atoms with Crippen LogP contribution in [0.3, 0.4) is 0 Å². The Morgan fingerprint density at radius 1 is 0.500 bits per heavy atom. The van der Waals surface area contributed by atoms with Gasteiger partial charge in [0.2, 0.25) is 0 Å². The van der Waals surface area contributed by atoms with Crippen molar-refractivity contribution in [2.45, 2.75) is 3.84 Å². The fraction of sp³-hybridized carbons (Fsp3) is 1.00. The first-order chi connectivity index (χ1) is 5.75. The zero-order chi connectivity index (χ0) is 12.0. The van der Waals surface area contributed by atoms with Crippen molar-refractivity contribution in [3.05, 3.63) is 0 Å². The molecule has 0 fully saturated rings. The number of hydrogen-bond donors (Lipinski definition) is 1. The summed E-state index contributed by atoms with van der Waals surface area (Å²) in [4.78, 5) is 0. The second kappa shape index (κ2) is 7.19. The van der Waals surface area contributed by atoms with Crippen molar-refractivity contribution in [2.75, 3.05) is 0 Å². The molecular weight excluding hydrogens is 1200 g/mol. The predicted octanol–water partition coefficient (Wildman–Crippen LogP) is 6.56. The molecule has 0 heterocycles. The zero-order valence-corrected chi connectivity index (χ0v) is 25.4. The lowest BCUT2D eigenvalue weighted by Crippen LogP contribution is -2.67. The van der Waals surface area contributed by atoms with Crippen molar-refractivity contribution in [2.24, 2.45) is 5.73 Å². The van der Waals surface area contributed by atoms with Crippen molar-refractivity contribution >= 4 is 203 Å². The standard InChI is InChI=1S/C4H2I9N/c5-2(6,7)1(14,3(8,9)10)4(11,12)13/h14H2. The van der Waals surface area contributed by atoms with Gasteiger partial charge in [0, 0.05) is 0 Å². The Morgan fingerprint density at radius 2 is 0.643 bits per heavy atom. The molecule has 0 amide bonds. The quantitative estimate of drug-likeness (QED) is 0.252. The normalized spacial score (nSPS) is 15.9. The summed E-state index contributed by atoms with van der Waals surface area (Å²) in [6, 6.07) is 0. The Balaban J connectivity index is 5.54. The molecule has 0 unspecified atom stereocenters. The lowest BCUT2D eigenvalue weighted by atomic mass is 10.1. The van der Waals surface area contributed by atoms with E-state index in [2.05, 4.69) is 203 Å². The fourth-order valence-corrected chi connectivity index (χ4v) is 21.7. The SMILES string of the molecule is NC(C(I)(I)I)(C(I)(I)I)C(I)(I)I. The molecule has 0 bridgehead atoms. The second-order valence-corrected chi connectivity index (χ2v) is 35.4. The zero-order valence-electron chi connectivity index (χ0n) is 5.98. The van der Waals surface area contributed by atoms with Crippen molar-refractivity contribution in [3.63, 3.8) is 0 Å². The molecule has 0 saturated carbocycles. The smallest absolute Gasteiger partial charge is 0.147 e. The van der Waals surface area contributed by atoms with Gasteiger partial charge in [-0.25, -0.2) is 0 Å².